The van der Waals surface area contributed by atoms with Crippen LogP contribution in [0.1, 0.15) is 5.56 Å². The van der Waals surface area contributed by atoms with Crippen molar-refractivity contribution in [3.63, 3.8) is 0 Å². The van der Waals surface area contributed by atoms with E-state index in [1.807, 2.05) is 66.4 Å². The first-order chi connectivity index (χ1) is 13.2. The van der Waals surface area contributed by atoms with E-state index in [-0.39, 0.29) is 0 Å². The topological polar surface area (TPSA) is 43.1 Å². The predicted octanol–water partition coefficient (Wildman–Crippen LogP) is 5.57. The van der Waals surface area contributed by atoms with Crippen molar-refractivity contribution in [1.82, 2.24) is 19.6 Å². The van der Waals surface area contributed by atoms with Gasteiger partial charge in [0.1, 0.15) is 0 Å². The molecule has 3 heterocycles. The molecule has 0 bridgehead atoms. The minimum atomic E-state index is 0.747. The van der Waals surface area contributed by atoms with Crippen LogP contribution in [-0.2, 0) is 0 Å². The van der Waals surface area contributed by atoms with Gasteiger partial charge in [0.05, 0.1) is 11.7 Å². The zero-order valence-corrected chi connectivity index (χ0v) is 15.4. The summed E-state index contributed by atoms with van der Waals surface area (Å²) in [5, 5.41) is 6.36. The Morgan fingerprint density at radius 3 is 2.70 bits per heavy atom. The Kier molecular flexibility index (Phi) is 3.66. The van der Waals surface area contributed by atoms with Crippen molar-refractivity contribution < 1.29 is 0 Å². The molecule has 0 atom stereocenters. The fourth-order valence-electron chi connectivity index (χ4n) is 3.32. The zero-order valence-electron chi connectivity index (χ0n) is 14.6. The molecule has 0 unspecified atom stereocenters. The Labute approximate surface area is 161 Å². The molecule has 0 saturated carbocycles. The molecule has 27 heavy (non-hydrogen) atoms. The normalized spacial score (nSPS) is 11.3. The van der Waals surface area contributed by atoms with Gasteiger partial charge in [-0.1, -0.05) is 41.9 Å². The number of halogens is 1. The van der Waals surface area contributed by atoms with Crippen molar-refractivity contribution in [3.05, 3.63) is 83.9 Å². The standard InChI is InChI=1S/C22H15ClN4/c1-14-7-8-15(10-20(14)23)16-11-25-22-19(12-26-27(22)13-16)17-4-2-6-21-18(17)5-3-9-24-21/h2-13H,1H3. The average molecular weight is 371 g/mol. The number of pyridine rings is 1. The molecule has 130 valence electrons. The van der Waals surface area contributed by atoms with Crippen molar-refractivity contribution in [2.24, 2.45) is 0 Å². The van der Waals surface area contributed by atoms with Crippen LogP contribution in [0.4, 0.5) is 0 Å². The van der Waals surface area contributed by atoms with Gasteiger partial charge in [-0.3, -0.25) is 4.98 Å². The number of hydrogen-bond acceptors (Lipinski definition) is 3. The van der Waals surface area contributed by atoms with Crippen LogP contribution in [0.5, 0.6) is 0 Å². The highest BCUT2D eigenvalue weighted by molar-refractivity contribution is 6.31. The van der Waals surface area contributed by atoms with Crippen molar-refractivity contribution in [2.75, 3.05) is 0 Å². The Balaban J connectivity index is 1.67. The first-order valence-corrected chi connectivity index (χ1v) is 9.02. The molecule has 5 aromatic rings. The summed E-state index contributed by atoms with van der Waals surface area (Å²) >= 11 is 6.27. The summed E-state index contributed by atoms with van der Waals surface area (Å²) in [5.41, 5.74) is 6.88. The summed E-state index contributed by atoms with van der Waals surface area (Å²) in [7, 11) is 0. The number of hydrogen-bond donors (Lipinski definition) is 0. The summed E-state index contributed by atoms with van der Waals surface area (Å²) < 4.78 is 1.81. The van der Waals surface area contributed by atoms with E-state index in [1.54, 1.807) is 6.20 Å². The third-order valence-corrected chi connectivity index (χ3v) is 5.20. The lowest BCUT2D eigenvalue weighted by Crippen LogP contribution is -1.92. The third-order valence-electron chi connectivity index (χ3n) is 4.80. The monoisotopic (exact) mass is 370 g/mol. The molecule has 5 rings (SSSR count). The molecule has 0 spiro atoms. The number of nitrogens with zero attached hydrogens (tertiary/aromatic N) is 4. The lowest BCUT2D eigenvalue weighted by atomic mass is 10.0. The van der Waals surface area contributed by atoms with Gasteiger partial charge in [0, 0.05) is 40.1 Å². The molecule has 0 amide bonds. The maximum atomic E-state index is 6.27. The second-order valence-corrected chi connectivity index (χ2v) is 6.92. The van der Waals surface area contributed by atoms with Crippen LogP contribution in [0.3, 0.4) is 0 Å². The number of aromatic nitrogens is 4. The Bertz CT molecular complexity index is 1300. The van der Waals surface area contributed by atoms with E-state index < -0.39 is 0 Å². The molecule has 0 fully saturated rings. The molecular weight excluding hydrogens is 356 g/mol. The minimum Gasteiger partial charge on any atom is -0.256 e. The van der Waals surface area contributed by atoms with E-state index >= 15 is 0 Å². The van der Waals surface area contributed by atoms with Gasteiger partial charge < -0.3 is 0 Å². The van der Waals surface area contributed by atoms with Crippen LogP contribution < -0.4 is 0 Å². The summed E-state index contributed by atoms with van der Waals surface area (Å²) in [4.78, 5) is 9.13. The molecule has 3 aromatic heterocycles. The number of benzene rings is 2. The van der Waals surface area contributed by atoms with Crippen molar-refractivity contribution >= 4 is 28.2 Å². The second-order valence-electron chi connectivity index (χ2n) is 6.51. The highest BCUT2D eigenvalue weighted by atomic mass is 35.5. The summed E-state index contributed by atoms with van der Waals surface area (Å²) in [6.45, 7) is 1.99. The Morgan fingerprint density at radius 1 is 0.889 bits per heavy atom. The number of rotatable bonds is 2. The van der Waals surface area contributed by atoms with Crippen LogP contribution >= 0.6 is 11.6 Å². The Morgan fingerprint density at radius 2 is 1.81 bits per heavy atom. The molecule has 0 radical (unpaired) electrons. The van der Waals surface area contributed by atoms with E-state index in [9.17, 15) is 0 Å². The van der Waals surface area contributed by atoms with Crippen LogP contribution in [0.2, 0.25) is 5.02 Å². The van der Waals surface area contributed by atoms with E-state index in [2.05, 4.69) is 27.2 Å². The largest absolute Gasteiger partial charge is 0.256 e. The highest BCUT2D eigenvalue weighted by Crippen LogP contribution is 2.31. The fraction of sp³-hybridized carbons (Fsp3) is 0.0455. The molecule has 4 nitrogen and oxygen atoms in total. The molecule has 0 aliphatic heterocycles. The van der Waals surface area contributed by atoms with Crippen LogP contribution in [0, 0.1) is 6.92 Å². The fourth-order valence-corrected chi connectivity index (χ4v) is 3.50. The van der Waals surface area contributed by atoms with E-state index in [0.717, 1.165) is 49.4 Å². The van der Waals surface area contributed by atoms with Crippen LogP contribution in [0.25, 0.3) is 38.8 Å². The van der Waals surface area contributed by atoms with E-state index in [0.29, 0.717) is 0 Å². The lowest BCUT2D eigenvalue weighted by Gasteiger charge is -2.06. The lowest BCUT2D eigenvalue weighted by molar-refractivity contribution is 0.941. The highest BCUT2D eigenvalue weighted by Gasteiger charge is 2.12. The first kappa shape index (κ1) is 16.0. The van der Waals surface area contributed by atoms with Gasteiger partial charge in [-0.15, -0.1) is 0 Å². The van der Waals surface area contributed by atoms with E-state index in [4.69, 9.17) is 11.6 Å². The van der Waals surface area contributed by atoms with Gasteiger partial charge in [-0.05, 0) is 41.8 Å². The summed E-state index contributed by atoms with van der Waals surface area (Å²) in [5.74, 6) is 0. The van der Waals surface area contributed by atoms with Gasteiger partial charge in [0.2, 0.25) is 0 Å². The number of aryl methyl sites for hydroxylation is 1. The molecule has 2 aromatic carbocycles. The molecule has 0 saturated heterocycles. The van der Waals surface area contributed by atoms with Gasteiger partial charge in [-0.2, -0.15) is 5.10 Å². The average Bonchev–Trinajstić information content (AvgIpc) is 3.12. The molecule has 0 N–H and O–H groups in total. The summed E-state index contributed by atoms with van der Waals surface area (Å²) in [6.07, 6.45) is 7.51. The minimum absolute atomic E-state index is 0.747. The van der Waals surface area contributed by atoms with Gasteiger partial charge in [0.15, 0.2) is 5.65 Å². The third kappa shape index (κ3) is 2.66. The van der Waals surface area contributed by atoms with Crippen molar-refractivity contribution in [2.45, 2.75) is 6.92 Å². The molecule has 0 aliphatic rings. The Hall–Kier alpha value is -3.24. The van der Waals surface area contributed by atoms with Crippen LogP contribution in [0.15, 0.2) is 73.3 Å². The number of fused-ring (bicyclic) bond motifs is 2. The summed E-state index contributed by atoms with van der Waals surface area (Å²) in [6, 6.07) is 16.1. The molecule has 0 aliphatic carbocycles. The van der Waals surface area contributed by atoms with Crippen LogP contribution in [-0.4, -0.2) is 19.6 Å². The molecule has 5 heteroatoms. The molecular formula is C22H15ClN4. The maximum Gasteiger partial charge on any atom is 0.162 e. The quantitative estimate of drug-likeness (QED) is 0.407. The zero-order chi connectivity index (χ0) is 18.4. The van der Waals surface area contributed by atoms with Crippen molar-refractivity contribution in [1.29, 1.82) is 0 Å². The maximum absolute atomic E-state index is 6.27. The van der Waals surface area contributed by atoms with Crippen molar-refractivity contribution in [3.8, 4) is 22.3 Å². The second kappa shape index (κ2) is 6.18. The smallest absolute Gasteiger partial charge is 0.162 e. The SMILES string of the molecule is Cc1ccc(-c2cnc3c(-c4cccc5ncccc45)cnn3c2)cc1Cl. The first-order valence-electron chi connectivity index (χ1n) is 8.65. The van der Waals surface area contributed by atoms with Gasteiger partial charge >= 0.3 is 0 Å². The van der Waals surface area contributed by atoms with Gasteiger partial charge in [-0.25, -0.2) is 9.50 Å². The van der Waals surface area contributed by atoms with Gasteiger partial charge in [0.25, 0.3) is 0 Å². The van der Waals surface area contributed by atoms with E-state index in [1.165, 1.54) is 0 Å². The predicted molar refractivity (Wildman–Crippen MR) is 109 cm³/mol.